The minimum atomic E-state index is -2.65. The van der Waals surface area contributed by atoms with Gasteiger partial charge in [0.25, 0.3) is 0 Å². The van der Waals surface area contributed by atoms with Crippen molar-refractivity contribution in [2.75, 3.05) is 11.9 Å². The normalized spacial score (nSPS) is 10.9. The number of nitrogens with zero attached hydrogens (tertiary/aromatic N) is 6. The van der Waals surface area contributed by atoms with Gasteiger partial charge in [0.05, 0.1) is 0 Å². The fourth-order valence-electron chi connectivity index (χ4n) is 2.39. The predicted molar refractivity (Wildman–Crippen MR) is 88.4 cm³/mol. The molecule has 3 aromatic rings. The summed E-state index contributed by atoms with van der Waals surface area (Å²) in [4.78, 5) is 15.8. The Morgan fingerprint density at radius 3 is 2.92 bits per heavy atom. The molecule has 1 aromatic carbocycles. The number of urea groups is 1. The number of benzene rings is 1. The smallest absolute Gasteiger partial charge is 0.319 e. The van der Waals surface area contributed by atoms with Crippen LogP contribution in [0.25, 0.3) is 11.4 Å². The van der Waals surface area contributed by atoms with E-state index in [9.17, 15) is 13.6 Å². The summed E-state index contributed by atoms with van der Waals surface area (Å²) in [5.41, 5.74) is 1.30. The molecule has 136 valence electrons. The molecule has 0 aliphatic carbocycles. The van der Waals surface area contributed by atoms with E-state index in [-0.39, 0.29) is 18.8 Å². The van der Waals surface area contributed by atoms with Gasteiger partial charge in [-0.1, -0.05) is 12.1 Å². The maximum atomic E-state index is 12.7. The molecule has 0 saturated carbocycles. The maximum absolute atomic E-state index is 12.7. The second-order valence-electron chi connectivity index (χ2n) is 5.37. The number of alkyl halides is 2. The lowest BCUT2D eigenvalue weighted by Gasteiger charge is -2.09. The summed E-state index contributed by atoms with van der Waals surface area (Å²) >= 11 is 0. The average Bonchev–Trinajstić information content (AvgIpc) is 3.24. The molecule has 0 aliphatic rings. The fraction of sp³-hybridized carbons (Fsp3) is 0.267. The Kier molecular flexibility index (Phi) is 5.15. The number of hydrogen-bond donors (Lipinski definition) is 2. The Morgan fingerprint density at radius 2 is 2.19 bits per heavy atom. The molecule has 26 heavy (non-hydrogen) atoms. The average molecular weight is 362 g/mol. The number of imidazole rings is 1. The molecule has 0 fully saturated rings. The van der Waals surface area contributed by atoms with Crippen molar-refractivity contribution >= 4 is 11.7 Å². The minimum absolute atomic E-state index is 0.169. The van der Waals surface area contributed by atoms with E-state index in [0.717, 1.165) is 10.1 Å². The number of carbonyl (C=O) groups is 1. The second-order valence-corrected chi connectivity index (χ2v) is 5.37. The largest absolute Gasteiger partial charge is 0.337 e. The molecule has 2 aromatic heterocycles. The number of rotatable bonds is 6. The van der Waals surface area contributed by atoms with Gasteiger partial charge in [-0.2, -0.15) is 8.78 Å². The molecule has 0 radical (unpaired) electrons. The van der Waals surface area contributed by atoms with E-state index in [4.69, 9.17) is 0 Å². The zero-order chi connectivity index (χ0) is 18.5. The summed E-state index contributed by atoms with van der Waals surface area (Å²) in [5.74, 6) is 0.768. The topological polar surface area (TPSA) is 103 Å². The van der Waals surface area contributed by atoms with Crippen molar-refractivity contribution < 1.29 is 13.6 Å². The Hall–Kier alpha value is -3.37. The highest BCUT2D eigenvalue weighted by Gasteiger charge is 2.12. The van der Waals surface area contributed by atoms with Gasteiger partial charge >= 0.3 is 12.6 Å². The van der Waals surface area contributed by atoms with Crippen LogP contribution in [-0.4, -0.2) is 42.3 Å². The number of carbonyl (C=O) groups excluding carboxylic acids is 1. The molecule has 3 rings (SSSR count). The minimum Gasteiger partial charge on any atom is -0.337 e. The summed E-state index contributed by atoms with van der Waals surface area (Å²) in [6.45, 7) is -2.48. The van der Waals surface area contributed by atoms with Gasteiger partial charge in [0.1, 0.15) is 5.82 Å². The first-order chi connectivity index (χ1) is 12.5. The van der Waals surface area contributed by atoms with Gasteiger partial charge in [0, 0.05) is 43.7 Å². The third-order valence-electron chi connectivity index (χ3n) is 3.59. The SMILES string of the molecule is Cn1nnnc1-c1cccc(NC(=O)NCCc2nccn2C(F)F)c1. The van der Waals surface area contributed by atoms with Crippen LogP contribution >= 0.6 is 0 Å². The van der Waals surface area contributed by atoms with Crippen molar-refractivity contribution in [1.82, 2.24) is 35.1 Å². The molecule has 11 heteroatoms. The summed E-state index contributed by atoms with van der Waals surface area (Å²) < 4.78 is 27.7. The lowest BCUT2D eigenvalue weighted by Crippen LogP contribution is -2.31. The van der Waals surface area contributed by atoms with Crippen molar-refractivity contribution in [3.8, 4) is 11.4 Å². The molecule has 2 N–H and O–H groups in total. The first kappa shape index (κ1) is 17.5. The van der Waals surface area contributed by atoms with Crippen LogP contribution in [0.4, 0.5) is 19.3 Å². The van der Waals surface area contributed by atoms with Crippen LogP contribution in [0.2, 0.25) is 0 Å². The highest BCUT2D eigenvalue weighted by Crippen LogP contribution is 2.19. The fourth-order valence-corrected chi connectivity index (χ4v) is 2.39. The Labute approximate surface area is 147 Å². The van der Waals surface area contributed by atoms with Crippen molar-refractivity contribution in [3.05, 3.63) is 42.5 Å². The highest BCUT2D eigenvalue weighted by atomic mass is 19.3. The molecule has 0 spiro atoms. The van der Waals surface area contributed by atoms with E-state index in [1.807, 2.05) is 6.07 Å². The zero-order valence-corrected chi connectivity index (χ0v) is 13.8. The van der Waals surface area contributed by atoms with Gasteiger partial charge in [-0.15, -0.1) is 5.10 Å². The van der Waals surface area contributed by atoms with Gasteiger partial charge in [0.15, 0.2) is 5.82 Å². The van der Waals surface area contributed by atoms with Crippen LogP contribution in [-0.2, 0) is 13.5 Å². The first-order valence-electron chi connectivity index (χ1n) is 7.72. The molecule has 9 nitrogen and oxygen atoms in total. The van der Waals surface area contributed by atoms with Gasteiger partial charge in [0.2, 0.25) is 0 Å². The van der Waals surface area contributed by atoms with Crippen LogP contribution in [0, 0.1) is 0 Å². The number of tetrazole rings is 1. The zero-order valence-electron chi connectivity index (χ0n) is 13.8. The van der Waals surface area contributed by atoms with E-state index in [1.165, 1.54) is 17.1 Å². The van der Waals surface area contributed by atoms with Crippen molar-refractivity contribution in [2.24, 2.45) is 7.05 Å². The van der Waals surface area contributed by atoms with Gasteiger partial charge in [-0.3, -0.25) is 4.57 Å². The number of halogens is 2. The van der Waals surface area contributed by atoms with E-state index in [1.54, 1.807) is 25.2 Å². The van der Waals surface area contributed by atoms with E-state index in [0.29, 0.717) is 11.5 Å². The number of nitrogens with one attached hydrogen (secondary N) is 2. The molecule has 2 heterocycles. The van der Waals surface area contributed by atoms with Crippen LogP contribution in [0.5, 0.6) is 0 Å². The summed E-state index contributed by atoms with van der Waals surface area (Å²) in [5, 5.41) is 16.5. The Balaban J connectivity index is 1.55. The number of amides is 2. The van der Waals surface area contributed by atoms with E-state index in [2.05, 4.69) is 31.1 Å². The summed E-state index contributed by atoms with van der Waals surface area (Å²) in [6, 6.07) is 6.58. The number of hydrogen-bond acceptors (Lipinski definition) is 5. The van der Waals surface area contributed by atoms with Crippen LogP contribution in [0.15, 0.2) is 36.7 Å². The molecule has 0 unspecified atom stereocenters. The third-order valence-corrected chi connectivity index (χ3v) is 3.59. The highest BCUT2D eigenvalue weighted by molar-refractivity contribution is 5.89. The summed E-state index contributed by atoms with van der Waals surface area (Å²) in [6.07, 6.45) is 2.69. The van der Waals surface area contributed by atoms with Gasteiger partial charge in [-0.05, 0) is 22.6 Å². The first-order valence-corrected chi connectivity index (χ1v) is 7.72. The standard InChI is InChI=1S/C15H16F2N8O/c1-24-13(21-22-23-24)10-3-2-4-11(9-10)20-15(26)19-6-5-12-18-7-8-25(12)14(16)17/h2-4,7-9,14H,5-6H2,1H3,(H2,19,20,26). The molecule has 0 bridgehead atoms. The molecule has 0 saturated heterocycles. The Bertz CT molecular complexity index is 891. The maximum Gasteiger partial charge on any atom is 0.319 e. The van der Waals surface area contributed by atoms with Crippen molar-refractivity contribution in [2.45, 2.75) is 13.0 Å². The monoisotopic (exact) mass is 362 g/mol. The van der Waals surface area contributed by atoms with Crippen molar-refractivity contribution in [3.63, 3.8) is 0 Å². The molecular formula is C15H16F2N8O. The lowest BCUT2D eigenvalue weighted by atomic mass is 10.2. The second kappa shape index (κ2) is 7.68. The number of aryl methyl sites for hydroxylation is 1. The number of anilines is 1. The van der Waals surface area contributed by atoms with Crippen LogP contribution in [0.1, 0.15) is 12.4 Å². The summed E-state index contributed by atoms with van der Waals surface area (Å²) in [7, 11) is 1.71. The third kappa shape index (κ3) is 3.99. The van der Waals surface area contributed by atoms with Crippen LogP contribution < -0.4 is 10.6 Å². The molecule has 2 amide bonds. The van der Waals surface area contributed by atoms with Crippen molar-refractivity contribution in [1.29, 1.82) is 0 Å². The quantitative estimate of drug-likeness (QED) is 0.696. The molecule has 0 aliphatic heterocycles. The van der Waals surface area contributed by atoms with Crippen LogP contribution in [0.3, 0.4) is 0 Å². The molecule has 0 atom stereocenters. The number of aromatic nitrogens is 6. The van der Waals surface area contributed by atoms with Gasteiger partial charge < -0.3 is 10.6 Å². The van der Waals surface area contributed by atoms with Gasteiger partial charge in [-0.25, -0.2) is 14.5 Å². The lowest BCUT2D eigenvalue weighted by molar-refractivity contribution is 0.0670. The molecular weight excluding hydrogens is 346 g/mol. The Morgan fingerprint density at radius 1 is 1.35 bits per heavy atom. The van der Waals surface area contributed by atoms with E-state index >= 15 is 0 Å². The van der Waals surface area contributed by atoms with E-state index < -0.39 is 12.6 Å². The predicted octanol–water partition coefficient (Wildman–Crippen LogP) is 1.83.